The topological polar surface area (TPSA) is 106 Å². The molecule has 108 valence electrons. The molecule has 1 heterocycles. The van der Waals surface area contributed by atoms with Crippen LogP contribution in [0, 0.1) is 6.92 Å². The second kappa shape index (κ2) is 4.69. The number of halogens is 3. The van der Waals surface area contributed by atoms with Gasteiger partial charge in [0.15, 0.2) is 5.82 Å². The number of alkyl halides is 3. The molecule has 1 rings (SSSR count). The zero-order valence-corrected chi connectivity index (χ0v) is 10.8. The number of aryl methyl sites for hydroxylation is 1. The molecule has 0 amide bonds. The largest absolute Gasteiger partial charge is 0.425 e. The highest BCUT2D eigenvalue weighted by Crippen LogP contribution is 2.41. The van der Waals surface area contributed by atoms with Gasteiger partial charge < -0.3 is 5.11 Å². The lowest BCUT2D eigenvalue weighted by Gasteiger charge is -2.32. The maximum Gasteiger partial charge on any atom is 0.425 e. The predicted octanol–water partition coefficient (Wildman–Crippen LogP) is 0.212. The molecule has 10 heteroatoms. The summed E-state index contributed by atoms with van der Waals surface area (Å²) in [5.74, 6) is -1.06. The Morgan fingerprint density at radius 3 is 2.05 bits per heavy atom. The number of nitrogens with zero attached hydrogens (tertiary/aromatic N) is 2. The van der Waals surface area contributed by atoms with Crippen LogP contribution in [0.1, 0.15) is 18.3 Å². The van der Waals surface area contributed by atoms with Crippen molar-refractivity contribution in [2.45, 2.75) is 30.9 Å². The molecule has 0 aromatic carbocycles. The van der Waals surface area contributed by atoms with Crippen LogP contribution in [0.3, 0.4) is 0 Å². The zero-order valence-electron chi connectivity index (χ0n) is 10.0. The first-order valence-electron chi connectivity index (χ1n) is 5.00. The van der Waals surface area contributed by atoms with Crippen LogP contribution in [0.15, 0.2) is 12.4 Å². The van der Waals surface area contributed by atoms with Crippen molar-refractivity contribution in [3.8, 4) is 0 Å². The smallest absolute Gasteiger partial charge is 0.373 e. The highest BCUT2D eigenvalue weighted by atomic mass is 32.2. The first-order chi connectivity index (χ1) is 8.40. The highest BCUT2D eigenvalue weighted by molar-refractivity contribution is 7.89. The van der Waals surface area contributed by atoms with Gasteiger partial charge in [-0.15, -0.1) is 0 Å². The van der Waals surface area contributed by atoms with Gasteiger partial charge >= 0.3 is 6.18 Å². The van der Waals surface area contributed by atoms with Crippen LogP contribution in [-0.2, 0) is 15.6 Å². The molecule has 0 radical (unpaired) electrons. The summed E-state index contributed by atoms with van der Waals surface area (Å²) in [7, 11) is -4.65. The summed E-state index contributed by atoms with van der Waals surface area (Å²) in [6, 6.07) is 0. The van der Waals surface area contributed by atoms with E-state index in [1.54, 1.807) is 0 Å². The molecule has 0 aliphatic carbocycles. The van der Waals surface area contributed by atoms with Crippen LogP contribution in [0.4, 0.5) is 13.2 Å². The van der Waals surface area contributed by atoms with Crippen molar-refractivity contribution < 1.29 is 26.7 Å². The maximum absolute atomic E-state index is 13.0. The Morgan fingerprint density at radius 1 is 1.32 bits per heavy atom. The summed E-state index contributed by atoms with van der Waals surface area (Å²) in [6.45, 7) is 2.17. The predicted molar refractivity (Wildman–Crippen MR) is 59.3 cm³/mol. The highest BCUT2D eigenvalue weighted by Gasteiger charge is 2.63. The van der Waals surface area contributed by atoms with Crippen molar-refractivity contribution in [3.05, 3.63) is 23.8 Å². The van der Waals surface area contributed by atoms with E-state index in [1.165, 1.54) is 6.92 Å². The van der Waals surface area contributed by atoms with Gasteiger partial charge in [0.25, 0.3) is 0 Å². The van der Waals surface area contributed by atoms with Crippen molar-refractivity contribution >= 4 is 10.0 Å². The molecule has 0 saturated heterocycles. The summed E-state index contributed by atoms with van der Waals surface area (Å²) in [4.78, 5) is 6.70. The Bertz CT molecular complexity index is 558. The minimum atomic E-state index is -5.30. The molecule has 0 fully saturated rings. The Morgan fingerprint density at radius 2 is 1.74 bits per heavy atom. The Balaban J connectivity index is 3.50. The molecule has 2 unspecified atom stereocenters. The summed E-state index contributed by atoms with van der Waals surface area (Å²) in [6.07, 6.45) is -3.22. The van der Waals surface area contributed by atoms with E-state index in [9.17, 15) is 26.7 Å². The molecule has 0 aliphatic rings. The molecule has 0 bridgehead atoms. The van der Waals surface area contributed by atoms with Crippen molar-refractivity contribution in [2.75, 3.05) is 0 Å². The van der Waals surface area contributed by atoms with Gasteiger partial charge in [-0.3, -0.25) is 0 Å². The zero-order chi connectivity index (χ0) is 15.1. The molecule has 2 atom stereocenters. The monoisotopic (exact) mass is 299 g/mol. The Hall–Kier alpha value is -1.26. The Kier molecular flexibility index (Phi) is 3.90. The lowest BCUT2D eigenvalue weighted by atomic mass is 9.98. The number of primary sulfonamides is 1. The number of aliphatic hydroxyl groups is 1. The average Bonchev–Trinajstić information content (AvgIpc) is 2.25. The fourth-order valence-electron chi connectivity index (χ4n) is 1.37. The maximum atomic E-state index is 13.0. The quantitative estimate of drug-likeness (QED) is 0.830. The molecule has 0 aliphatic heterocycles. The van der Waals surface area contributed by atoms with Gasteiger partial charge in [-0.25, -0.2) is 23.5 Å². The third-order valence-electron chi connectivity index (χ3n) is 2.64. The van der Waals surface area contributed by atoms with Gasteiger partial charge in [-0.05, 0) is 19.4 Å². The summed E-state index contributed by atoms with van der Waals surface area (Å²) in [5.41, 5.74) is -3.31. The van der Waals surface area contributed by atoms with Gasteiger partial charge in [0, 0.05) is 12.4 Å². The van der Waals surface area contributed by atoms with E-state index in [2.05, 4.69) is 15.1 Å². The van der Waals surface area contributed by atoms with E-state index < -0.39 is 32.9 Å². The van der Waals surface area contributed by atoms with E-state index in [1.807, 2.05) is 0 Å². The van der Waals surface area contributed by atoms with E-state index >= 15 is 0 Å². The van der Waals surface area contributed by atoms with Gasteiger partial charge in [0.05, 0.1) is 0 Å². The number of aromatic nitrogens is 2. The number of hydrogen-bond acceptors (Lipinski definition) is 5. The number of rotatable bonds is 3. The van der Waals surface area contributed by atoms with Crippen LogP contribution < -0.4 is 5.14 Å². The summed E-state index contributed by atoms with van der Waals surface area (Å²) >= 11 is 0. The molecule has 3 N–H and O–H groups in total. The van der Waals surface area contributed by atoms with Crippen molar-refractivity contribution in [1.82, 2.24) is 9.97 Å². The second-order valence-corrected chi connectivity index (χ2v) is 5.96. The average molecular weight is 299 g/mol. The first-order valence-corrected chi connectivity index (χ1v) is 6.61. The number of hydrogen-bond donors (Lipinski definition) is 2. The molecule has 6 nitrogen and oxygen atoms in total. The SMILES string of the molecule is Cc1cnc(C(O)(C(C)S(N)(=O)=O)C(F)(F)F)nc1. The molecule has 1 aromatic rings. The second-order valence-electron chi connectivity index (χ2n) is 4.08. The van der Waals surface area contributed by atoms with Crippen molar-refractivity contribution in [1.29, 1.82) is 0 Å². The van der Waals surface area contributed by atoms with Gasteiger partial charge in [0.2, 0.25) is 15.6 Å². The van der Waals surface area contributed by atoms with Crippen molar-refractivity contribution in [3.63, 3.8) is 0 Å². The van der Waals surface area contributed by atoms with Crippen molar-refractivity contribution in [2.24, 2.45) is 5.14 Å². The lowest BCUT2D eigenvalue weighted by Crippen LogP contribution is -2.55. The fraction of sp³-hybridized carbons (Fsp3) is 0.556. The summed E-state index contributed by atoms with van der Waals surface area (Å²) < 4.78 is 61.3. The third kappa shape index (κ3) is 2.85. The van der Waals surface area contributed by atoms with Crippen LogP contribution >= 0.6 is 0 Å². The normalized spacial score (nSPS) is 17.8. The Labute approximate surface area is 107 Å². The lowest BCUT2D eigenvalue weighted by molar-refractivity contribution is -0.268. The molecule has 1 aromatic heterocycles. The molecule has 0 spiro atoms. The standard InChI is InChI=1S/C9H12F3N3O3S/c1-5-3-14-7(15-4-5)8(16,9(10,11)12)6(2)19(13,17)18/h3-4,6,16H,1-2H3,(H2,13,17,18). The third-order valence-corrected chi connectivity index (χ3v) is 3.96. The van der Waals surface area contributed by atoms with E-state index in [0.29, 0.717) is 12.5 Å². The van der Waals surface area contributed by atoms with Crippen LogP contribution in [0.5, 0.6) is 0 Å². The van der Waals surface area contributed by atoms with E-state index in [0.717, 1.165) is 12.4 Å². The molecular weight excluding hydrogens is 287 g/mol. The first kappa shape index (κ1) is 15.8. The van der Waals surface area contributed by atoms with Gasteiger partial charge in [-0.2, -0.15) is 13.2 Å². The number of nitrogens with two attached hydrogens (primary N) is 1. The molecular formula is C9H12F3N3O3S. The summed E-state index contributed by atoms with van der Waals surface area (Å²) in [5, 5.41) is 12.1. The fourth-order valence-corrected chi connectivity index (χ4v) is 2.08. The van der Waals surface area contributed by atoms with Gasteiger partial charge in [-0.1, -0.05) is 0 Å². The van der Waals surface area contributed by atoms with Crippen LogP contribution in [-0.4, -0.2) is 34.9 Å². The minimum Gasteiger partial charge on any atom is -0.373 e. The molecule has 0 saturated carbocycles. The van der Waals surface area contributed by atoms with Crippen LogP contribution in [0.25, 0.3) is 0 Å². The van der Waals surface area contributed by atoms with E-state index in [-0.39, 0.29) is 0 Å². The van der Waals surface area contributed by atoms with Gasteiger partial charge in [0.1, 0.15) is 5.25 Å². The van der Waals surface area contributed by atoms with E-state index in [4.69, 9.17) is 0 Å². The van der Waals surface area contributed by atoms with Crippen LogP contribution in [0.2, 0.25) is 0 Å². The minimum absolute atomic E-state index is 0.455. The number of sulfonamides is 1. The molecule has 19 heavy (non-hydrogen) atoms.